The van der Waals surface area contributed by atoms with E-state index in [1.807, 2.05) is 18.2 Å². The van der Waals surface area contributed by atoms with Crippen LogP contribution < -0.4 is 0 Å². The molecule has 3 aliphatic heterocycles. The Morgan fingerprint density at radius 3 is 2.43 bits per heavy atom. The van der Waals surface area contributed by atoms with Crippen LogP contribution in [0.25, 0.3) is 0 Å². The summed E-state index contributed by atoms with van der Waals surface area (Å²) in [7, 11) is 0. The van der Waals surface area contributed by atoms with Gasteiger partial charge in [-0.1, -0.05) is 18.2 Å². The predicted molar refractivity (Wildman–Crippen MR) is 80.0 cm³/mol. The van der Waals surface area contributed by atoms with Crippen LogP contribution in [-0.4, -0.2) is 54.0 Å². The van der Waals surface area contributed by atoms with E-state index in [9.17, 15) is 9.59 Å². The summed E-state index contributed by atoms with van der Waals surface area (Å²) in [5.74, 6) is -0.311. The van der Waals surface area contributed by atoms with E-state index in [4.69, 9.17) is 14.2 Å². The van der Waals surface area contributed by atoms with Crippen molar-refractivity contribution in [2.45, 2.75) is 50.2 Å². The summed E-state index contributed by atoms with van der Waals surface area (Å²) >= 11 is 0. The molecule has 1 aromatic rings. The molecule has 2 bridgehead atoms. The Hall–Kier alpha value is -2.08. The molecule has 122 valence electrons. The van der Waals surface area contributed by atoms with Crippen LogP contribution >= 0.6 is 0 Å². The minimum atomic E-state index is -0.311. The maximum absolute atomic E-state index is 12.2. The zero-order chi connectivity index (χ0) is 16.0. The van der Waals surface area contributed by atoms with Gasteiger partial charge in [-0.2, -0.15) is 0 Å². The summed E-state index contributed by atoms with van der Waals surface area (Å²) in [4.78, 5) is 26.1. The van der Waals surface area contributed by atoms with Crippen molar-refractivity contribution in [2.75, 3.05) is 6.61 Å². The summed E-state index contributed by atoms with van der Waals surface area (Å²) in [5, 5.41) is 0. The largest absolute Gasteiger partial charge is 0.459 e. The van der Waals surface area contributed by atoms with E-state index in [-0.39, 0.29) is 42.5 Å². The molecule has 0 aromatic heterocycles. The van der Waals surface area contributed by atoms with Gasteiger partial charge in [0.15, 0.2) is 0 Å². The van der Waals surface area contributed by atoms with Crippen molar-refractivity contribution in [3.63, 3.8) is 0 Å². The van der Waals surface area contributed by atoms with Crippen molar-refractivity contribution in [3.05, 3.63) is 35.9 Å². The number of hydrogen-bond acceptors (Lipinski definition) is 5. The SMILES string of the molecule is CCOC(=O)N1C2CC(OC(=O)c3ccccc3)CC1[C@@H]1OC21. The molecule has 3 fully saturated rings. The van der Waals surface area contributed by atoms with E-state index in [2.05, 4.69) is 0 Å². The number of benzene rings is 1. The van der Waals surface area contributed by atoms with Gasteiger partial charge in [0, 0.05) is 12.8 Å². The first-order chi connectivity index (χ1) is 11.2. The average Bonchev–Trinajstić information content (AvgIpc) is 3.32. The van der Waals surface area contributed by atoms with Gasteiger partial charge in [0.1, 0.15) is 18.3 Å². The van der Waals surface area contributed by atoms with Crippen molar-refractivity contribution in [2.24, 2.45) is 0 Å². The molecule has 3 heterocycles. The zero-order valence-corrected chi connectivity index (χ0v) is 12.9. The van der Waals surface area contributed by atoms with E-state index in [0.717, 1.165) is 0 Å². The molecule has 23 heavy (non-hydrogen) atoms. The van der Waals surface area contributed by atoms with Crippen LogP contribution in [0.15, 0.2) is 30.3 Å². The second-order valence-corrected chi connectivity index (χ2v) is 6.17. The fourth-order valence-electron chi connectivity index (χ4n) is 3.81. The smallest absolute Gasteiger partial charge is 0.410 e. The fraction of sp³-hybridized carbons (Fsp3) is 0.529. The first-order valence-electron chi connectivity index (χ1n) is 8.05. The predicted octanol–water partition coefficient (Wildman–Crippen LogP) is 1.98. The Morgan fingerprint density at radius 2 is 1.83 bits per heavy atom. The van der Waals surface area contributed by atoms with Gasteiger partial charge in [-0.25, -0.2) is 9.59 Å². The number of carbonyl (C=O) groups is 2. The van der Waals surface area contributed by atoms with Crippen molar-refractivity contribution in [1.29, 1.82) is 0 Å². The van der Waals surface area contributed by atoms with E-state index in [0.29, 0.717) is 25.0 Å². The topological polar surface area (TPSA) is 68.4 Å². The van der Waals surface area contributed by atoms with Crippen LogP contribution in [-0.2, 0) is 14.2 Å². The van der Waals surface area contributed by atoms with Crippen LogP contribution in [0.5, 0.6) is 0 Å². The maximum Gasteiger partial charge on any atom is 0.410 e. The molecule has 5 atom stereocenters. The van der Waals surface area contributed by atoms with Crippen molar-refractivity contribution < 1.29 is 23.8 Å². The number of amides is 1. The van der Waals surface area contributed by atoms with E-state index in [1.54, 1.807) is 24.0 Å². The Balaban J connectivity index is 1.43. The number of morpholine rings is 1. The third kappa shape index (κ3) is 2.47. The van der Waals surface area contributed by atoms with Crippen molar-refractivity contribution >= 4 is 12.1 Å². The monoisotopic (exact) mass is 317 g/mol. The molecule has 0 radical (unpaired) electrons. The standard InChI is InChI=1S/C17H19NO5/c1-2-21-17(20)18-12-8-11(9-13(18)15-14(12)23-15)22-16(19)10-6-4-3-5-7-10/h3-7,11-15H,2,8-9H2,1H3/t11?,12?,13?,14-,15?/m0/s1. The molecular weight excluding hydrogens is 298 g/mol. The number of carbonyl (C=O) groups excluding carboxylic acids is 2. The third-order valence-electron chi connectivity index (χ3n) is 4.81. The summed E-state index contributed by atoms with van der Waals surface area (Å²) in [6.45, 7) is 2.16. The Morgan fingerprint density at radius 1 is 1.17 bits per heavy atom. The minimum absolute atomic E-state index is 0.0497. The second kappa shape index (κ2) is 5.53. The van der Waals surface area contributed by atoms with Crippen LogP contribution in [0.1, 0.15) is 30.1 Å². The molecule has 3 saturated heterocycles. The first kappa shape index (κ1) is 14.5. The highest BCUT2D eigenvalue weighted by Gasteiger charge is 2.65. The Kier molecular flexibility index (Phi) is 3.49. The molecule has 0 aliphatic carbocycles. The van der Waals surface area contributed by atoms with Crippen LogP contribution in [0, 0.1) is 0 Å². The quantitative estimate of drug-likeness (QED) is 0.630. The fourth-order valence-corrected chi connectivity index (χ4v) is 3.81. The van der Waals surface area contributed by atoms with Crippen molar-refractivity contribution in [1.82, 2.24) is 4.90 Å². The van der Waals surface area contributed by atoms with Gasteiger partial charge >= 0.3 is 12.1 Å². The maximum atomic E-state index is 12.2. The highest BCUT2D eigenvalue weighted by Crippen LogP contribution is 2.49. The molecule has 6 nitrogen and oxygen atoms in total. The molecule has 0 spiro atoms. The minimum Gasteiger partial charge on any atom is -0.459 e. The second-order valence-electron chi connectivity index (χ2n) is 6.17. The number of fused-ring (bicyclic) bond motifs is 5. The van der Waals surface area contributed by atoms with Crippen molar-refractivity contribution in [3.8, 4) is 0 Å². The van der Waals surface area contributed by atoms with Gasteiger partial charge in [-0.3, -0.25) is 4.90 Å². The number of nitrogens with zero attached hydrogens (tertiary/aromatic N) is 1. The molecule has 1 amide bonds. The number of epoxide rings is 1. The molecule has 0 N–H and O–H groups in total. The van der Waals surface area contributed by atoms with Gasteiger partial charge in [-0.05, 0) is 19.1 Å². The zero-order valence-electron chi connectivity index (χ0n) is 12.9. The number of ether oxygens (including phenoxy) is 3. The molecule has 6 heteroatoms. The summed E-state index contributed by atoms with van der Waals surface area (Å²) in [5.41, 5.74) is 0.550. The van der Waals surface area contributed by atoms with Crippen LogP contribution in [0.4, 0.5) is 4.79 Å². The summed E-state index contributed by atoms with van der Waals surface area (Å²) < 4.78 is 16.4. The molecule has 1 aromatic carbocycles. The normalized spacial score (nSPS) is 33.8. The highest BCUT2D eigenvalue weighted by molar-refractivity contribution is 5.89. The lowest BCUT2D eigenvalue weighted by atomic mass is 9.99. The summed E-state index contributed by atoms with van der Waals surface area (Å²) in [6.07, 6.45) is 0.894. The molecule has 3 aliphatic rings. The number of piperidine rings is 1. The molecule has 0 saturated carbocycles. The lowest BCUT2D eigenvalue weighted by Gasteiger charge is -2.39. The summed E-state index contributed by atoms with van der Waals surface area (Å²) in [6, 6.07) is 8.87. The molecule has 4 unspecified atom stereocenters. The number of rotatable bonds is 3. The van der Waals surface area contributed by atoms with E-state index < -0.39 is 0 Å². The van der Waals surface area contributed by atoms with Gasteiger partial charge in [0.2, 0.25) is 0 Å². The van der Waals surface area contributed by atoms with Gasteiger partial charge in [-0.15, -0.1) is 0 Å². The van der Waals surface area contributed by atoms with E-state index in [1.165, 1.54) is 0 Å². The van der Waals surface area contributed by atoms with Gasteiger partial charge in [0.05, 0.1) is 24.3 Å². The van der Waals surface area contributed by atoms with Crippen LogP contribution in [0.2, 0.25) is 0 Å². The highest BCUT2D eigenvalue weighted by atomic mass is 16.6. The lowest BCUT2D eigenvalue weighted by Crippen LogP contribution is -2.52. The molecule has 4 rings (SSSR count). The van der Waals surface area contributed by atoms with Crippen LogP contribution in [0.3, 0.4) is 0 Å². The average molecular weight is 317 g/mol. The number of esters is 1. The van der Waals surface area contributed by atoms with Gasteiger partial charge < -0.3 is 14.2 Å². The Labute approximate surface area is 134 Å². The first-order valence-corrected chi connectivity index (χ1v) is 8.05. The lowest BCUT2D eigenvalue weighted by molar-refractivity contribution is -0.0294. The van der Waals surface area contributed by atoms with E-state index >= 15 is 0 Å². The van der Waals surface area contributed by atoms with Gasteiger partial charge in [0.25, 0.3) is 0 Å². The molecular formula is C17H19NO5. The third-order valence-corrected chi connectivity index (χ3v) is 4.81. The number of hydrogen-bond donors (Lipinski definition) is 0. The Bertz CT molecular complexity index is 601.